The molecular formula is C14H23N3O3. The molecule has 0 unspecified atom stereocenters. The second-order valence-corrected chi connectivity index (χ2v) is 4.61. The van der Waals surface area contributed by atoms with Crippen molar-refractivity contribution >= 4 is 11.9 Å². The summed E-state index contributed by atoms with van der Waals surface area (Å²) in [5, 5.41) is 11.6. The van der Waals surface area contributed by atoms with Gasteiger partial charge in [-0.05, 0) is 31.6 Å². The van der Waals surface area contributed by atoms with Crippen LogP contribution in [0.25, 0.3) is 0 Å². The van der Waals surface area contributed by atoms with E-state index in [1.165, 1.54) is 4.57 Å². The van der Waals surface area contributed by atoms with E-state index < -0.39 is 5.97 Å². The molecule has 2 N–H and O–H groups in total. The van der Waals surface area contributed by atoms with Gasteiger partial charge in [0.25, 0.3) is 5.91 Å². The minimum atomic E-state index is -0.963. The van der Waals surface area contributed by atoms with Crippen molar-refractivity contribution in [3.63, 3.8) is 0 Å². The fraction of sp³-hybridized carbons (Fsp3) is 0.571. The first-order valence-corrected chi connectivity index (χ1v) is 6.96. The van der Waals surface area contributed by atoms with Gasteiger partial charge in [0, 0.05) is 19.3 Å². The summed E-state index contributed by atoms with van der Waals surface area (Å²) in [6.45, 7) is 7.35. The van der Waals surface area contributed by atoms with Gasteiger partial charge < -0.3 is 19.9 Å². The molecule has 0 fully saturated rings. The van der Waals surface area contributed by atoms with Crippen molar-refractivity contribution < 1.29 is 14.7 Å². The lowest BCUT2D eigenvalue weighted by Gasteiger charge is -2.19. The summed E-state index contributed by atoms with van der Waals surface area (Å²) in [6.07, 6.45) is 2.68. The van der Waals surface area contributed by atoms with Crippen molar-refractivity contribution in [3.05, 3.63) is 24.0 Å². The van der Waals surface area contributed by atoms with Crippen LogP contribution < -0.4 is 5.32 Å². The van der Waals surface area contributed by atoms with Gasteiger partial charge >= 0.3 is 5.97 Å². The highest BCUT2D eigenvalue weighted by molar-refractivity contribution is 5.93. The summed E-state index contributed by atoms with van der Waals surface area (Å²) in [6, 6.07) is 3.30. The monoisotopic (exact) mass is 281 g/mol. The Morgan fingerprint density at radius 1 is 1.35 bits per heavy atom. The van der Waals surface area contributed by atoms with E-state index >= 15 is 0 Å². The number of likely N-dealkylation sites (N-methyl/N-ethyl adjacent to an activating group) is 1. The Hall–Kier alpha value is -1.82. The number of amides is 1. The molecule has 0 aromatic carbocycles. The third-order valence-electron chi connectivity index (χ3n) is 3.07. The first-order valence-electron chi connectivity index (χ1n) is 6.96. The van der Waals surface area contributed by atoms with Crippen LogP contribution in [0, 0.1) is 0 Å². The summed E-state index contributed by atoms with van der Waals surface area (Å²) < 4.78 is 1.43. The predicted octanol–water partition coefficient (Wildman–Crippen LogP) is 1.03. The van der Waals surface area contributed by atoms with Gasteiger partial charge in [-0.1, -0.05) is 13.8 Å². The van der Waals surface area contributed by atoms with E-state index in [-0.39, 0.29) is 12.5 Å². The molecule has 0 radical (unpaired) electrons. The molecule has 1 heterocycles. The molecule has 1 amide bonds. The number of carboxylic acid groups (broad SMARTS) is 1. The van der Waals surface area contributed by atoms with Crippen molar-refractivity contribution in [2.24, 2.45) is 0 Å². The molecule has 0 aliphatic rings. The zero-order chi connectivity index (χ0) is 15.0. The molecule has 20 heavy (non-hydrogen) atoms. The van der Waals surface area contributed by atoms with Crippen molar-refractivity contribution in [3.8, 4) is 0 Å². The van der Waals surface area contributed by atoms with Crippen LogP contribution >= 0.6 is 0 Å². The lowest BCUT2D eigenvalue weighted by atomic mass is 10.3. The normalized spacial score (nSPS) is 10.8. The van der Waals surface area contributed by atoms with Crippen molar-refractivity contribution in [2.45, 2.75) is 26.8 Å². The van der Waals surface area contributed by atoms with E-state index in [0.717, 1.165) is 26.1 Å². The lowest BCUT2D eigenvalue weighted by molar-refractivity contribution is -0.137. The molecule has 0 aliphatic carbocycles. The molecule has 1 rings (SSSR count). The summed E-state index contributed by atoms with van der Waals surface area (Å²) >= 11 is 0. The number of carbonyl (C=O) groups is 2. The molecule has 6 nitrogen and oxygen atoms in total. The van der Waals surface area contributed by atoms with Crippen molar-refractivity contribution in [1.82, 2.24) is 14.8 Å². The number of rotatable bonds is 9. The van der Waals surface area contributed by atoms with E-state index in [0.29, 0.717) is 12.2 Å². The van der Waals surface area contributed by atoms with Crippen molar-refractivity contribution in [1.29, 1.82) is 0 Å². The predicted molar refractivity (Wildman–Crippen MR) is 76.8 cm³/mol. The summed E-state index contributed by atoms with van der Waals surface area (Å²) in [7, 11) is 0. The SMILES string of the molecule is CCCN(CC)CCNC(=O)c1cccn1CC(=O)O. The highest BCUT2D eigenvalue weighted by Crippen LogP contribution is 2.02. The molecule has 6 heteroatoms. The largest absolute Gasteiger partial charge is 0.480 e. The third-order valence-corrected chi connectivity index (χ3v) is 3.07. The van der Waals surface area contributed by atoms with Gasteiger partial charge in [-0.15, -0.1) is 0 Å². The van der Waals surface area contributed by atoms with Gasteiger partial charge in [0.15, 0.2) is 0 Å². The number of nitrogens with zero attached hydrogens (tertiary/aromatic N) is 2. The molecule has 1 aromatic rings. The molecule has 0 saturated heterocycles. The molecule has 0 aliphatic heterocycles. The molecule has 112 valence electrons. The maximum atomic E-state index is 12.0. The van der Waals surface area contributed by atoms with E-state index in [2.05, 4.69) is 24.1 Å². The quantitative estimate of drug-likeness (QED) is 0.709. The van der Waals surface area contributed by atoms with Crippen LogP contribution in [-0.4, -0.2) is 52.6 Å². The van der Waals surface area contributed by atoms with Gasteiger partial charge in [0.2, 0.25) is 0 Å². The standard InChI is InChI=1S/C14H23N3O3/c1-3-8-16(4-2)10-7-15-14(20)12-6-5-9-17(12)11-13(18)19/h5-6,9H,3-4,7-8,10-11H2,1-2H3,(H,15,20)(H,18,19). The Morgan fingerprint density at radius 3 is 2.70 bits per heavy atom. The maximum absolute atomic E-state index is 12.0. The van der Waals surface area contributed by atoms with Crippen LogP contribution in [0.4, 0.5) is 0 Å². The average molecular weight is 281 g/mol. The van der Waals surface area contributed by atoms with Gasteiger partial charge in [0.1, 0.15) is 12.2 Å². The molecule has 0 saturated carbocycles. The Bertz CT molecular complexity index is 443. The van der Waals surface area contributed by atoms with Crippen LogP contribution in [-0.2, 0) is 11.3 Å². The Labute approximate surface area is 119 Å². The van der Waals surface area contributed by atoms with E-state index in [1.807, 2.05) is 0 Å². The number of nitrogens with one attached hydrogen (secondary N) is 1. The topological polar surface area (TPSA) is 74.6 Å². The van der Waals surface area contributed by atoms with Crippen LogP contribution in [0.1, 0.15) is 30.8 Å². The highest BCUT2D eigenvalue weighted by Gasteiger charge is 2.12. The summed E-state index contributed by atoms with van der Waals surface area (Å²) in [5.41, 5.74) is 0.380. The minimum absolute atomic E-state index is 0.202. The Balaban J connectivity index is 2.47. The average Bonchev–Trinajstić information content (AvgIpc) is 2.84. The van der Waals surface area contributed by atoms with Crippen LogP contribution in [0.15, 0.2) is 18.3 Å². The van der Waals surface area contributed by atoms with Crippen molar-refractivity contribution in [2.75, 3.05) is 26.2 Å². The smallest absolute Gasteiger partial charge is 0.323 e. The van der Waals surface area contributed by atoms with E-state index in [9.17, 15) is 9.59 Å². The fourth-order valence-corrected chi connectivity index (χ4v) is 2.07. The third kappa shape index (κ3) is 5.05. The lowest BCUT2D eigenvalue weighted by Crippen LogP contribution is -2.36. The number of carboxylic acids is 1. The fourth-order valence-electron chi connectivity index (χ4n) is 2.07. The molecular weight excluding hydrogens is 258 g/mol. The highest BCUT2D eigenvalue weighted by atomic mass is 16.4. The second kappa shape index (κ2) is 8.37. The number of hydrogen-bond donors (Lipinski definition) is 2. The molecule has 0 atom stereocenters. The molecule has 0 bridgehead atoms. The van der Waals surface area contributed by atoms with Gasteiger partial charge in [-0.25, -0.2) is 0 Å². The molecule has 0 spiro atoms. The number of aliphatic carboxylic acids is 1. The van der Waals surface area contributed by atoms with Crippen LogP contribution in [0.5, 0.6) is 0 Å². The maximum Gasteiger partial charge on any atom is 0.323 e. The Morgan fingerprint density at radius 2 is 2.10 bits per heavy atom. The van der Waals surface area contributed by atoms with Gasteiger partial charge in [0.05, 0.1) is 0 Å². The molecule has 1 aromatic heterocycles. The first kappa shape index (κ1) is 16.2. The van der Waals surface area contributed by atoms with Crippen LogP contribution in [0.3, 0.4) is 0 Å². The minimum Gasteiger partial charge on any atom is -0.480 e. The summed E-state index contributed by atoms with van der Waals surface area (Å²) in [4.78, 5) is 24.9. The van der Waals surface area contributed by atoms with Crippen LogP contribution in [0.2, 0.25) is 0 Å². The summed E-state index contributed by atoms with van der Waals surface area (Å²) in [5.74, 6) is -1.20. The van der Waals surface area contributed by atoms with Gasteiger partial charge in [-0.2, -0.15) is 0 Å². The van der Waals surface area contributed by atoms with E-state index in [4.69, 9.17) is 5.11 Å². The number of aromatic nitrogens is 1. The van der Waals surface area contributed by atoms with E-state index in [1.54, 1.807) is 18.3 Å². The zero-order valence-corrected chi connectivity index (χ0v) is 12.1. The Kier molecular flexibility index (Phi) is 6.79. The number of carbonyl (C=O) groups excluding carboxylic acids is 1. The van der Waals surface area contributed by atoms with Gasteiger partial charge in [-0.3, -0.25) is 9.59 Å². The zero-order valence-electron chi connectivity index (χ0n) is 12.1. The second-order valence-electron chi connectivity index (χ2n) is 4.61. The number of hydrogen-bond acceptors (Lipinski definition) is 3. The first-order chi connectivity index (χ1) is 9.58.